The number of aryl methyl sites for hydroxylation is 1. The molecule has 0 atom stereocenters. The fourth-order valence-corrected chi connectivity index (χ4v) is 3.22. The highest BCUT2D eigenvalue weighted by atomic mass is 35.5. The van der Waals surface area contributed by atoms with Crippen molar-refractivity contribution in [1.29, 1.82) is 0 Å². The molecule has 0 radical (unpaired) electrons. The SMILES string of the molecule is CCN(C)C=Nc1cc(Cl)c(Oc2nc(Cc3ccc(Cl)cc3)ns2)cc1C. The van der Waals surface area contributed by atoms with E-state index < -0.39 is 0 Å². The minimum Gasteiger partial charge on any atom is -0.428 e. The Labute approximate surface area is 178 Å². The summed E-state index contributed by atoms with van der Waals surface area (Å²) in [4.78, 5) is 10.9. The average Bonchev–Trinajstić information content (AvgIpc) is 3.11. The van der Waals surface area contributed by atoms with E-state index in [4.69, 9.17) is 27.9 Å². The van der Waals surface area contributed by atoms with Crippen molar-refractivity contribution >= 4 is 46.8 Å². The third kappa shape index (κ3) is 5.44. The van der Waals surface area contributed by atoms with Crippen molar-refractivity contribution in [2.24, 2.45) is 4.99 Å². The van der Waals surface area contributed by atoms with Crippen LogP contribution >= 0.6 is 34.7 Å². The minimum atomic E-state index is 0.451. The summed E-state index contributed by atoms with van der Waals surface area (Å²) in [5, 5.41) is 1.64. The molecule has 146 valence electrons. The second kappa shape index (κ2) is 9.37. The van der Waals surface area contributed by atoms with Crippen molar-refractivity contribution in [3.8, 4) is 10.9 Å². The van der Waals surface area contributed by atoms with Crippen LogP contribution in [0.1, 0.15) is 23.9 Å². The van der Waals surface area contributed by atoms with Crippen LogP contribution in [0.25, 0.3) is 0 Å². The van der Waals surface area contributed by atoms with Crippen molar-refractivity contribution in [1.82, 2.24) is 14.3 Å². The summed E-state index contributed by atoms with van der Waals surface area (Å²) in [5.41, 5.74) is 2.85. The van der Waals surface area contributed by atoms with Crippen molar-refractivity contribution in [3.05, 3.63) is 63.4 Å². The van der Waals surface area contributed by atoms with Gasteiger partial charge >= 0.3 is 0 Å². The first-order valence-electron chi connectivity index (χ1n) is 8.74. The van der Waals surface area contributed by atoms with E-state index in [0.29, 0.717) is 33.2 Å². The number of ether oxygens (including phenoxy) is 1. The maximum atomic E-state index is 6.38. The molecule has 0 aliphatic carbocycles. The Bertz CT molecular complexity index is 973. The molecule has 0 N–H and O–H groups in total. The van der Waals surface area contributed by atoms with Gasteiger partial charge in [0.05, 0.1) is 17.0 Å². The highest BCUT2D eigenvalue weighted by Gasteiger charge is 2.12. The lowest BCUT2D eigenvalue weighted by Gasteiger charge is -2.10. The molecule has 1 heterocycles. The normalized spacial score (nSPS) is 11.2. The first-order chi connectivity index (χ1) is 13.4. The summed E-state index contributed by atoms with van der Waals surface area (Å²) in [6.45, 7) is 4.91. The number of aliphatic imine (C=N–C) groups is 1. The largest absolute Gasteiger partial charge is 0.428 e. The molecule has 0 saturated carbocycles. The molecule has 0 aliphatic rings. The standard InChI is InChI=1S/C20H20Cl2N4OS/c1-4-26(3)12-23-17-11-16(22)18(9-13(17)2)27-20-24-19(25-28-20)10-14-5-7-15(21)8-6-14/h5-9,11-12H,4,10H2,1-3H3. The highest BCUT2D eigenvalue weighted by Crippen LogP contribution is 2.35. The Morgan fingerprint density at radius 3 is 2.68 bits per heavy atom. The van der Waals surface area contributed by atoms with Crippen molar-refractivity contribution in [2.45, 2.75) is 20.3 Å². The molecule has 2 aromatic carbocycles. The van der Waals surface area contributed by atoms with Crippen molar-refractivity contribution < 1.29 is 4.74 Å². The van der Waals surface area contributed by atoms with E-state index in [0.717, 1.165) is 23.4 Å². The summed E-state index contributed by atoms with van der Waals surface area (Å²) >= 11 is 13.5. The van der Waals surface area contributed by atoms with Crippen LogP contribution in [0.4, 0.5) is 5.69 Å². The van der Waals surface area contributed by atoms with Gasteiger partial charge in [0.1, 0.15) is 5.75 Å². The molecular formula is C20H20Cl2N4OS. The van der Waals surface area contributed by atoms with Crippen LogP contribution in [-0.2, 0) is 6.42 Å². The molecule has 28 heavy (non-hydrogen) atoms. The Hall–Kier alpha value is -2.15. The smallest absolute Gasteiger partial charge is 0.298 e. The van der Waals surface area contributed by atoms with Gasteiger partial charge in [0.25, 0.3) is 5.19 Å². The Kier molecular flexibility index (Phi) is 6.88. The van der Waals surface area contributed by atoms with Gasteiger partial charge in [-0.1, -0.05) is 35.3 Å². The third-order valence-electron chi connectivity index (χ3n) is 4.07. The number of hydrogen-bond donors (Lipinski definition) is 0. The van der Waals surface area contributed by atoms with E-state index in [2.05, 4.69) is 21.3 Å². The van der Waals surface area contributed by atoms with Crippen LogP contribution in [0, 0.1) is 6.92 Å². The molecule has 0 aliphatic heterocycles. The molecule has 0 saturated heterocycles. The molecule has 0 fully saturated rings. The van der Waals surface area contributed by atoms with Crippen LogP contribution in [0.3, 0.4) is 0 Å². The highest BCUT2D eigenvalue weighted by molar-refractivity contribution is 7.07. The second-order valence-corrected chi connectivity index (χ2v) is 7.83. The number of rotatable bonds is 7. The predicted octanol–water partition coefficient (Wildman–Crippen LogP) is 6.15. The second-order valence-electron chi connectivity index (χ2n) is 6.27. The number of halogens is 2. The molecule has 0 unspecified atom stereocenters. The summed E-state index contributed by atoms with van der Waals surface area (Å²) in [6, 6.07) is 11.3. The van der Waals surface area contributed by atoms with E-state index in [1.807, 2.05) is 49.2 Å². The van der Waals surface area contributed by atoms with Crippen LogP contribution in [0.5, 0.6) is 10.9 Å². The zero-order valence-corrected chi connectivity index (χ0v) is 18.1. The van der Waals surface area contributed by atoms with Gasteiger partial charge in [0.15, 0.2) is 5.82 Å². The molecule has 3 rings (SSSR count). The van der Waals surface area contributed by atoms with E-state index in [9.17, 15) is 0 Å². The molecule has 0 spiro atoms. The molecular weight excluding hydrogens is 415 g/mol. The fourth-order valence-electron chi connectivity index (χ4n) is 2.33. The summed E-state index contributed by atoms with van der Waals surface area (Å²) in [7, 11) is 1.97. The lowest BCUT2D eigenvalue weighted by molar-refractivity contribution is 0.477. The third-order valence-corrected chi connectivity index (χ3v) is 5.25. The molecule has 0 bridgehead atoms. The van der Waals surface area contributed by atoms with Crippen molar-refractivity contribution in [2.75, 3.05) is 13.6 Å². The van der Waals surface area contributed by atoms with Gasteiger partial charge in [-0.25, -0.2) is 4.99 Å². The summed E-state index contributed by atoms with van der Waals surface area (Å²) in [6.07, 6.45) is 2.40. The van der Waals surface area contributed by atoms with E-state index >= 15 is 0 Å². The Morgan fingerprint density at radius 1 is 1.21 bits per heavy atom. The van der Waals surface area contributed by atoms with Crippen molar-refractivity contribution in [3.63, 3.8) is 0 Å². The van der Waals surface area contributed by atoms with Crippen LogP contribution in [0.2, 0.25) is 10.0 Å². The number of hydrogen-bond acceptors (Lipinski definition) is 5. The van der Waals surface area contributed by atoms with Crippen LogP contribution < -0.4 is 4.74 Å². The van der Waals surface area contributed by atoms with E-state index in [1.165, 1.54) is 11.5 Å². The fraction of sp³-hybridized carbons (Fsp3) is 0.250. The first kappa shape index (κ1) is 20.6. The van der Waals surface area contributed by atoms with E-state index in [-0.39, 0.29) is 0 Å². The molecule has 8 heteroatoms. The average molecular weight is 435 g/mol. The van der Waals surface area contributed by atoms with Gasteiger partial charge in [-0.05, 0) is 49.2 Å². The first-order valence-corrected chi connectivity index (χ1v) is 10.3. The molecule has 1 aromatic heterocycles. The number of benzene rings is 2. The Morgan fingerprint density at radius 2 is 1.96 bits per heavy atom. The number of nitrogens with zero attached hydrogens (tertiary/aromatic N) is 4. The van der Waals surface area contributed by atoms with Gasteiger partial charge in [-0.3, -0.25) is 0 Å². The van der Waals surface area contributed by atoms with Gasteiger partial charge in [-0.15, -0.1) is 0 Å². The van der Waals surface area contributed by atoms with Crippen LogP contribution in [-0.4, -0.2) is 34.2 Å². The van der Waals surface area contributed by atoms with Gasteiger partial charge in [0.2, 0.25) is 0 Å². The van der Waals surface area contributed by atoms with E-state index in [1.54, 1.807) is 12.4 Å². The quantitative estimate of drug-likeness (QED) is 0.330. The lowest BCUT2D eigenvalue weighted by Crippen LogP contribution is -2.14. The topological polar surface area (TPSA) is 50.6 Å². The van der Waals surface area contributed by atoms with Crippen LogP contribution in [0.15, 0.2) is 41.4 Å². The molecule has 3 aromatic rings. The van der Waals surface area contributed by atoms with Gasteiger partial charge in [-0.2, -0.15) is 9.36 Å². The minimum absolute atomic E-state index is 0.451. The summed E-state index contributed by atoms with van der Waals surface area (Å²) in [5.74, 6) is 1.23. The number of aromatic nitrogens is 2. The maximum absolute atomic E-state index is 6.38. The maximum Gasteiger partial charge on any atom is 0.298 e. The Balaban J connectivity index is 1.71. The monoisotopic (exact) mass is 434 g/mol. The molecule has 0 amide bonds. The van der Waals surface area contributed by atoms with Gasteiger partial charge < -0.3 is 9.64 Å². The zero-order valence-electron chi connectivity index (χ0n) is 15.8. The molecule has 5 nitrogen and oxygen atoms in total. The lowest BCUT2D eigenvalue weighted by atomic mass is 10.1. The zero-order chi connectivity index (χ0) is 20.1. The summed E-state index contributed by atoms with van der Waals surface area (Å²) < 4.78 is 10.2. The van der Waals surface area contributed by atoms with Gasteiger partial charge in [0, 0.05) is 36.6 Å². The predicted molar refractivity (Wildman–Crippen MR) is 117 cm³/mol.